The molecule has 0 unspecified atom stereocenters. The summed E-state index contributed by atoms with van der Waals surface area (Å²) in [6, 6.07) is 0. The molecule has 0 radical (unpaired) electrons. The molecule has 2 heterocycles. The van der Waals surface area contributed by atoms with Gasteiger partial charge in [0, 0.05) is 11.6 Å². The molecule has 0 N–H and O–H groups in total. The number of carbonyl (C=O) groups is 1. The van der Waals surface area contributed by atoms with Crippen LogP contribution in [0.4, 0.5) is 0 Å². The van der Waals surface area contributed by atoms with Crippen LogP contribution in [-0.4, -0.2) is 35.5 Å². The van der Waals surface area contributed by atoms with Gasteiger partial charge in [-0.1, -0.05) is 0 Å². The molecule has 5 heteroatoms. The molecule has 94 valence electrons. The van der Waals surface area contributed by atoms with E-state index in [1.165, 1.54) is 0 Å². The van der Waals surface area contributed by atoms with E-state index >= 15 is 0 Å². The summed E-state index contributed by atoms with van der Waals surface area (Å²) in [6.45, 7) is 5.17. The van der Waals surface area contributed by atoms with Crippen molar-refractivity contribution < 1.29 is 9.53 Å². The first-order valence-electron chi connectivity index (χ1n) is 6.07. The van der Waals surface area contributed by atoms with E-state index in [4.69, 9.17) is 4.74 Å². The predicted octanol–water partition coefficient (Wildman–Crippen LogP) is 1.92. The molecule has 1 fully saturated rings. The van der Waals surface area contributed by atoms with Crippen molar-refractivity contribution in [1.29, 1.82) is 0 Å². The number of thiazole rings is 1. The summed E-state index contributed by atoms with van der Waals surface area (Å²) in [6.07, 6.45) is 3.65. The van der Waals surface area contributed by atoms with E-state index in [2.05, 4.69) is 9.88 Å². The number of piperidine rings is 1. The van der Waals surface area contributed by atoms with Crippen LogP contribution in [0.15, 0.2) is 11.6 Å². The largest absolute Gasteiger partial charge is 0.466 e. The van der Waals surface area contributed by atoms with Gasteiger partial charge in [0.25, 0.3) is 0 Å². The van der Waals surface area contributed by atoms with Gasteiger partial charge in [0.2, 0.25) is 0 Å². The Bertz CT molecular complexity index is 345. The maximum absolute atomic E-state index is 11.6. The summed E-state index contributed by atoms with van der Waals surface area (Å²) in [5.41, 5.74) is 0. The SMILES string of the molecule is CCOC(=O)C1CCN(Cc2nccs2)CC1. The lowest BCUT2D eigenvalue weighted by Crippen LogP contribution is -2.36. The summed E-state index contributed by atoms with van der Waals surface area (Å²) >= 11 is 1.69. The molecule has 0 atom stereocenters. The summed E-state index contributed by atoms with van der Waals surface area (Å²) in [5, 5.41) is 3.15. The van der Waals surface area contributed by atoms with Crippen LogP contribution in [-0.2, 0) is 16.1 Å². The van der Waals surface area contributed by atoms with E-state index in [-0.39, 0.29) is 11.9 Å². The van der Waals surface area contributed by atoms with Crippen molar-refractivity contribution in [2.45, 2.75) is 26.3 Å². The lowest BCUT2D eigenvalue weighted by Gasteiger charge is -2.30. The van der Waals surface area contributed by atoms with Gasteiger partial charge in [-0.15, -0.1) is 11.3 Å². The Morgan fingerprint density at radius 3 is 2.94 bits per heavy atom. The number of hydrogen-bond acceptors (Lipinski definition) is 5. The van der Waals surface area contributed by atoms with Crippen molar-refractivity contribution in [1.82, 2.24) is 9.88 Å². The highest BCUT2D eigenvalue weighted by Gasteiger charge is 2.26. The molecular formula is C12H18N2O2S. The van der Waals surface area contributed by atoms with E-state index in [1.807, 2.05) is 18.5 Å². The van der Waals surface area contributed by atoms with Gasteiger partial charge in [-0.05, 0) is 32.9 Å². The molecule has 0 saturated carbocycles. The number of esters is 1. The fourth-order valence-electron chi connectivity index (χ4n) is 2.11. The van der Waals surface area contributed by atoms with Gasteiger partial charge in [0.1, 0.15) is 5.01 Å². The molecule has 1 saturated heterocycles. The van der Waals surface area contributed by atoms with Gasteiger partial charge in [0.05, 0.1) is 19.1 Å². The van der Waals surface area contributed by atoms with Gasteiger partial charge in [-0.25, -0.2) is 4.98 Å². The molecule has 0 spiro atoms. The number of aromatic nitrogens is 1. The van der Waals surface area contributed by atoms with Crippen molar-refractivity contribution in [3.8, 4) is 0 Å². The fourth-order valence-corrected chi connectivity index (χ4v) is 2.77. The Morgan fingerprint density at radius 1 is 1.59 bits per heavy atom. The van der Waals surface area contributed by atoms with Gasteiger partial charge in [0.15, 0.2) is 0 Å². The number of likely N-dealkylation sites (tertiary alicyclic amines) is 1. The molecule has 0 aromatic carbocycles. The fraction of sp³-hybridized carbons (Fsp3) is 0.667. The maximum atomic E-state index is 11.6. The smallest absolute Gasteiger partial charge is 0.309 e. The second-order valence-electron chi connectivity index (χ2n) is 4.23. The van der Waals surface area contributed by atoms with E-state index in [1.54, 1.807) is 11.3 Å². The van der Waals surface area contributed by atoms with Crippen LogP contribution in [0, 0.1) is 5.92 Å². The molecule has 1 aliphatic rings. The molecule has 1 aromatic rings. The molecule has 4 nitrogen and oxygen atoms in total. The highest BCUT2D eigenvalue weighted by molar-refractivity contribution is 7.09. The van der Waals surface area contributed by atoms with Crippen LogP contribution in [0.25, 0.3) is 0 Å². The number of nitrogens with zero attached hydrogens (tertiary/aromatic N) is 2. The highest BCUT2D eigenvalue weighted by atomic mass is 32.1. The second kappa shape index (κ2) is 6.12. The molecule has 2 rings (SSSR count). The van der Waals surface area contributed by atoms with Crippen molar-refractivity contribution in [3.05, 3.63) is 16.6 Å². The van der Waals surface area contributed by atoms with Crippen LogP contribution in [0.2, 0.25) is 0 Å². The Morgan fingerprint density at radius 2 is 2.35 bits per heavy atom. The molecule has 0 bridgehead atoms. The monoisotopic (exact) mass is 254 g/mol. The topological polar surface area (TPSA) is 42.4 Å². The van der Waals surface area contributed by atoms with Crippen molar-refractivity contribution in [3.63, 3.8) is 0 Å². The predicted molar refractivity (Wildman–Crippen MR) is 66.7 cm³/mol. The van der Waals surface area contributed by atoms with E-state index in [9.17, 15) is 4.79 Å². The van der Waals surface area contributed by atoms with Crippen molar-refractivity contribution in [2.24, 2.45) is 5.92 Å². The minimum Gasteiger partial charge on any atom is -0.466 e. The minimum absolute atomic E-state index is 0.0265. The average molecular weight is 254 g/mol. The Hall–Kier alpha value is -0.940. The third-order valence-electron chi connectivity index (χ3n) is 3.05. The Labute approximate surface area is 106 Å². The first kappa shape index (κ1) is 12.5. The van der Waals surface area contributed by atoms with Crippen molar-refractivity contribution >= 4 is 17.3 Å². The molecular weight excluding hydrogens is 236 g/mol. The lowest BCUT2D eigenvalue weighted by molar-refractivity contribution is -0.149. The van der Waals surface area contributed by atoms with E-state index in [0.29, 0.717) is 6.61 Å². The van der Waals surface area contributed by atoms with Crippen molar-refractivity contribution in [2.75, 3.05) is 19.7 Å². The number of carbonyl (C=O) groups excluding carboxylic acids is 1. The van der Waals surface area contributed by atoms with Crippen LogP contribution < -0.4 is 0 Å². The minimum atomic E-state index is -0.0265. The lowest BCUT2D eigenvalue weighted by atomic mass is 9.97. The summed E-state index contributed by atoms with van der Waals surface area (Å²) < 4.78 is 5.05. The quantitative estimate of drug-likeness (QED) is 0.770. The number of rotatable bonds is 4. The first-order chi connectivity index (χ1) is 8.29. The van der Waals surface area contributed by atoms with E-state index < -0.39 is 0 Å². The number of hydrogen-bond donors (Lipinski definition) is 0. The molecule has 0 amide bonds. The first-order valence-corrected chi connectivity index (χ1v) is 6.95. The van der Waals surface area contributed by atoms with Crippen LogP contribution in [0.5, 0.6) is 0 Å². The zero-order valence-corrected chi connectivity index (χ0v) is 10.9. The Balaban J connectivity index is 1.76. The van der Waals surface area contributed by atoms with Crippen LogP contribution in [0.3, 0.4) is 0 Å². The van der Waals surface area contributed by atoms with Crippen LogP contribution >= 0.6 is 11.3 Å². The van der Waals surface area contributed by atoms with Gasteiger partial charge < -0.3 is 4.74 Å². The summed E-state index contributed by atoms with van der Waals surface area (Å²) in [7, 11) is 0. The van der Waals surface area contributed by atoms with Gasteiger partial charge in [-0.3, -0.25) is 9.69 Å². The summed E-state index contributed by atoms with van der Waals surface area (Å²) in [4.78, 5) is 18.2. The zero-order valence-electron chi connectivity index (χ0n) is 10.1. The van der Waals surface area contributed by atoms with E-state index in [0.717, 1.165) is 37.5 Å². The molecule has 17 heavy (non-hydrogen) atoms. The van der Waals surface area contributed by atoms with Gasteiger partial charge >= 0.3 is 5.97 Å². The van der Waals surface area contributed by atoms with Gasteiger partial charge in [-0.2, -0.15) is 0 Å². The molecule has 1 aromatic heterocycles. The maximum Gasteiger partial charge on any atom is 0.309 e. The highest BCUT2D eigenvalue weighted by Crippen LogP contribution is 2.20. The third-order valence-corrected chi connectivity index (χ3v) is 3.81. The normalized spacial score (nSPS) is 18.2. The third kappa shape index (κ3) is 3.51. The standard InChI is InChI=1S/C12H18N2O2S/c1-2-16-12(15)10-3-6-14(7-4-10)9-11-13-5-8-17-11/h5,8,10H,2-4,6-7,9H2,1H3. The number of ether oxygens (including phenoxy) is 1. The zero-order chi connectivity index (χ0) is 12.1. The average Bonchev–Trinajstić information content (AvgIpc) is 2.83. The summed E-state index contributed by atoms with van der Waals surface area (Å²) in [5.74, 6) is 0.0730. The molecule has 1 aliphatic heterocycles. The second-order valence-corrected chi connectivity index (χ2v) is 5.21. The Kier molecular flexibility index (Phi) is 4.50. The van der Waals surface area contributed by atoms with Crippen LogP contribution in [0.1, 0.15) is 24.8 Å². The molecule has 0 aliphatic carbocycles.